The second kappa shape index (κ2) is 5.02. The second-order valence-corrected chi connectivity index (χ2v) is 4.85. The Bertz CT molecular complexity index is 665. The van der Waals surface area contributed by atoms with Crippen molar-refractivity contribution in [2.75, 3.05) is 0 Å². The molecule has 2 nitrogen and oxygen atoms in total. The standard InChI is InChI=1S/C15H12ClFO2/c1-8-5-9(2)13(15(18)19)7-12(8)11-4-3-10(16)6-14(11)17/h3-7H,1-2H3,(H,18,19). The third kappa shape index (κ3) is 2.61. The highest BCUT2D eigenvalue weighted by molar-refractivity contribution is 6.30. The molecule has 0 atom stereocenters. The summed E-state index contributed by atoms with van der Waals surface area (Å²) in [5.74, 6) is -1.48. The maximum absolute atomic E-state index is 13.9. The average molecular weight is 279 g/mol. The van der Waals surface area contributed by atoms with Gasteiger partial charge < -0.3 is 5.11 Å². The molecule has 0 unspecified atom stereocenters. The van der Waals surface area contributed by atoms with Gasteiger partial charge in [-0.15, -0.1) is 0 Å². The third-order valence-electron chi connectivity index (χ3n) is 3.02. The van der Waals surface area contributed by atoms with Crippen molar-refractivity contribution in [3.63, 3.8) is 0 Å². The molecule has 0 amide bonds. The van der Waals surface area contributed by atoms with Crippen molar-refractivity contribution in [2.45, 2.75) is 13.8 Å². The van der Waals surface area contributed by atoms with Crippen molar-refractivity contribution in [1.82, 2.24) is 0 Å². The van der Waals surface area contributed by atoms with E-state index in [1.54, 1.807) is 25.1 Å². The Morgan fingerprint density at radius 2 is 1.79 bits per heavy atom. The van der Waals surface area contributed by atoms with Crippen molar-refractivity contribution < 1.29 is 14.3 Å². The van der Waals surface area contributed by atoms with E-state index in [4.69, 9.17) is 16.7 Å². The molecule has 0 aliphatic heterocycles. The molecule has 98 valence electrons. The molecule has 2 rings (SSSR count). The lowest BCUT2D eigenvalue weighted by molar-refractivity contribution is 0.0696. The summed E-state index contributed by atoms with van der Waals surface area (Å²) in [6.07, 6.45) is 0. The molecular weight excluding hydrogens is 267 g/mol. The van der Waals surface area contributed by atoms with Crippen LogP contribution in [0.1, 0.15) is 21.5 Å². The number of carboxylic acids is 1. The molecular formula is C15H12ClFO2. The van der Waals surface area contributed by atoms with Crippen molar-refractivity contribution in [2.24, 2.45) is 0 Å². The molecule has 0 radical (unpaired) electrons. The first-order chi connectivity index (χ1) is 8.90. The van der Waals surface area contributed by atoms with Crippen LogP contribution in [0.2, 0.25) is 5.02 Å². The van der Waals surface area contributed by atoms with Crippen LogP contribution in [0.4, 0.5) is 4.39 Å². The SMILES string of the molecule is Cc1cc(C)c(-c2ccc(Cl)cc2F)cc1C(=O)O. The number of aromatic carboxylic acids is 1. The van der Waals surface area contributed by atoms with Crippen molar-refractivity contribution in [3.05, 3.63) is 57.9 Å². The molecule has 4 heteroatoms. The minimum Gasteiger partial charge on any atom is -0.478 e. The first kappa shape index (κ1) is 13.6. The van der Waals surface area contributed by atoms with Crippen LogP contribution in [0, 0.1) is 19.7 Å². The minimum absolute atomic E-state index is 0.176. The van der Waals surface area contributed by atoms with Crippen LogP contribution in [0.3, 0.4) is 0 Å². The highest BCUT2D eigenvalue weighted by Gasteiger charge is 2.14. The van der Waals surface area contributed by atoms with Gasteiger partial charge in [0.25, 0.3) is 0 Å². The van der Waals surface area contributed by atoms with Crippen LogP contribution in [-0.4, -0.2) is 11.1 Å². The van der Waals surface area contributed by atoms with Crippen LogP contribution in [0.15, 0.2) is 30.3 Å². The van der Waals surface area contributed by atoms with Gasteiger partial charge in [0.05, 0.1) is 5.56 Å². The Hall–Kier alpha value is -1.87. The van der Waals surface area contributed by atoms with Crippen molar-refractivity contribution >= 4 is 17.6 Å². The van der Waals surface area contributed by atoms with Gasteiger partial charge in [0.15, 0.2) is 0 Å². The third-order valence-corrected chi connectivity index (χ3v) is 3.26. The summed E-state index contributed by atoms with van der Waals surface area (Å²) in [4.78, 5) is 11.1. The van der Waals surface area contributed by atoms with Crippen LogP contribution in [-0.2, 0) is 0 Å². The Kier molecular flexibility index (Phi) is 3.58. The van der Waals surface area contributed by atoms with Crippen LogP contribution in [0.5, 0.6) is 0 Å². The highest BCUT2D eigenvalue weighted by Crippen LogP contribution is 2.30. The zero-order chi connectivity index (χ0) is 14.2. The number of aryl methyl sites for hydroxylation is 2. The Balaban J connectivity index is 2.68. The zero-order valence-corrected chi connectivity index (χ0v) is 11.3. The number of hydrogen-bond donors (Lipinski definition) is 1. The van der Waals surface area contributed by atoms with Gasteiger partial charge >= 0.3 is 5.97 Å². The molecule has 0 aliphatic rings. The predicted octanol–water partition coefficient (Wildman–Crippen LogP) is 4.46. The number of benzene rings is 2. The minimum atomic E-state index is -1.02. The van der Waals surface area contributed by atoms with Gasteiger partial charge in [-0.25, -0.2) is 9.18 Å². The van der Waals surface area contributed by atoms with Gasteiger partial charge in [-0.05, 0) is 54.8 Å². The van der Waals surface area contributed by atoms with E-state index in [-0.39, 0.29) is 5.56 Å². The maximum Gasteiger partial charge on any atom is 0.335 e. The molecule has 1 N–H and O–H groups in total. The maximum atomic E-state index is 13.9. The molecule has 2 aromatic carbocycles. The van der Waals surface area contributed by atoms with E-state index < -0.39 is 11.8 Å². The van der Waals surface area contributed by atoms with Crippen LogP contribution >= 0.6 is 11.6 Å². The Morgan fingerprint density at radius 3 is 2.37 bits per heavy atom. The van der Waals surface area contributed by atoms with Crippen molar-refractivity contribution in [3.8, 4) is 11.1 Å². The van der Waals surface area contributed by atoms with E-state index in [0.29, 0.717) is 21.7 Å². The summed E-state index contributed by atoms with van der Waals surface area (Å²) in [5, 5.41) is 9.44. The lowest BCUT2D eigenvalue weighted by atomic mass is 9.94. The first-order valence-electron chi connectivity index (χ1n) is 5.70. The Morgan fingerprint density at radius 1 is 1.11 bits per heavy atom. The van der Waals surface area contributed by atoms with Gasteiger partial charge in [0, 0.05) is 10.6 Å². The summed E-state index contributed by atoms with van der Waals surface area (Å²) in [6, 6.07) is 7.60. The van der Waals surface area contributed by atoms with E-state index in [0.717, 1.165) is 5.56 Å². The quantitative estimate of drug-likeness (QED) is 0.880. The van der Waals surface area contributed by atoms with E-state index >= 15 is 0 Å². The van der Waals surface area contributed by atoms with Crippen LogP contribution < -0.4 is 0 Å². The summed E-state index contributed by atoms with van der Waals surface area (Å²) in [7, 11) is 0. The lowest BCUT2D eigenvalue weighted by Crippen LogP contribution is -2.01. The number of rotatable bonds is 2. The fourth-order valence-electron chi connectivity index (χ4n) is 2.08. The smallest absolute Gasteiger partial charge is 0.335 e. The molecule has 0 spiro atoms. The predicted molar refractivity (Wildman–Crippen MR) is 73.3 cm³/mol. The first-order valence-corrected chi connectivity index (χ1v) is 6.08. The van der Waals surface area contributed by atoms with Crippen LogP contribution in [0.25, 0.3) is 11.1 Å². The molecule has 0 aliphatic carbocycles. The lowest BCUT2D eigenvalue weighted by Gasteiger charge is -2.11. The molecule has 0 heterocycles. The monoisotopic (exact) mass is 278 g/mol. The van der Waals surface area contributed by atoms with Crippen molar-refractivity contribution in [1.29, 1.82) is 0 Å². The molecule has 0 aromatic heterocycles. The van der Waals surface area contributed by atoms with E-state index in [1.807, 2.05) is 6.92 Å². The van der Waals surface area contributed by atoms with E-state index in [9.17, 15) is 9.18 Å². The molecule has 19 heavy (non-hydrogen) atoms. The molecule has 0 bridgehead atoms. The largest absolute Gasteiger partial charge is 0.478 e. The summed E-state index contributed by atoms with van der Waals surface area (Å²) >= 11 is 5.72. The molecule has 0 saturated carbocycles. The van der Waals surface area contributed by atoms with E-state index in [1.165, 1.54) is 12.1 Å². The fraction of sp³-hybridized carbons (Fsp3) is 0.133. The fourth-order valence-corrected chi connectivity index (χ4v) is 2.24. The second-order valence-electron chi connectivity index (χ2n) is 4.41. The number of halogens is 2. The zero-order valence-electron chi connectivity index (χ0n) is 10.5. The highest BCUT2D eigenvalue weighted by atomic mass is 35.5. The topological polar surface area (TPSA) is 37.3 Å². The van der Waals surface area contributed by atoms with Gasteiger partial charge in [-0.2, -0.15) is 0 Å². The average Bonchev–Trinajstić information content (AvgIpc) is 2.30. The van der Waals surface area contributed by atoms with E-state index in [2.05, 4.69) is 0 Å². The van der Waals surface area contributed by atoms with Gasteiger partial charge in [0.1, 0.15) is 5.82 Å². The number of carboxylic acid groups (broad SMARTS) is 1. The summed E-state index contributed by atoms with van der Waals surface area (Å²) in [6.45, 7) is 3.54. The van der Waals surface area contributed by atoms with Gasteiger partial charge in [-0.1, -0.05) is 17.7 Å². The molecule has 2 aromatic rings. The summed E-state index contributed by atoms with van der Waals surface area (Å²) in [5.41, 5.74) is 2.57. The molecule has 0 fully saturated rings. The van der Waals surface area contributed by atoms with Gasteiger partial charge in [0.2, 0.25) is 0 Å². The normalized spacial score (nSPS) is 10.5. The number of carbonyl (C=O) groups is 1. The summed E-state index contributed by atoms with van der Waals surface area (Å²) < 4.78 is 13.9. The Labute approximate surface area is 115 Å². The molecule has 0 saturated heterocycles. The number of hydrogen-bond acceptors (Lipinski definition) is 1. The van der Waals surface area contributed by atoms with Gasteiger partial charge in [-0.3, -0.25) is 0 Å².